The maximum absolute atomic E-state index is 13.0. The summed E-state index contributed by atoms with van der Waals surface area (Å²) in [5.41, 5.74) is 1.57. The molecular formula is C21H23FN2O3. The summed E-state index contributed by atoms with van der Waals surface area (Å²) in [5.74, 6) is -0.264. The number of halogens is 1. The lowest BCUT2D eigenvalue weighted by Gasteiger charge is -2.16. The molecule has 1 fully saturated rings. The summed E-state index contributed by atoms with van der Waals surface area (Å²) in [5, 5.41) is 2.88. The van der Waals surface area contributed by atoms with Crippen molar-refractivity contribution in [3.63, 3.8) is 0 Å². The summed E-state index contributed by atoms with van der Waals surface area (Å²) in [6.07, 6.45) is 0.268. The zero-order valence-corrected chi connectivity index (χ0v) is 15.4. The van der Waals surface area contributed by atoms with E-state index in [0.717, 1.165) is 11.3 Å². The summed E-state index contributed by atoms with van der Waals surface area (Å²) >= 11 is 0. The van der Waals surface area contributed by atoms with Crippen molar-refractivity contribution in [3.8, 4) is 5.75 Å². The molecule has 1 aliphatic rings. The molecule has 1 atom stereocenters. The molecule has 0 spiro atoms. The van der Waals surface area contributed by atoms with Gasteiger partial charge in [0.1, 0.15) is 11.6 Å². The molecular weight excluding hydrogens is 347 g/mol. The molecule has 1 saturated heterocycles. The number of nitrogens with one attached hydrogen (secondary N) is 1. The first-order chi connectivity index (χ1) is 12.9. The minimum Gasteiger partial charge on any atom is -0.491 e. The molecule has 2 aromatic carbocycles. The van der Waals surface area contributed by atoms with Crippen molar-refractivity contribution in [1.82, 2.24) is 5.32 Å². The molecule has 1 N–H and O–H groups in total. The van der Waals surface area contributed by atoms with Crippen LogP contribution in [0.5, 0.6) is 5.75 Å². The third-order valence-electron chi connectivity index (χ3n) is 4.40. The highest BCUT2D eigenvalue weighted by atomic mass is 19.1. The Hall–Kier alpha value is -2.89. The van der Waals surface area contributed by atoms with E-state index in [1.807, 2.05) is 38.1 Å². The van der Waals surface area contributed by atoms with Gasteiger partial charge in [-0.1, -0.05) is 12.1 Å². The van der Waals surface area contributed by atoms with Crippen LogP contribution in [0.2, 0.25) is 0 Å². The Morgan fingerprint density at radius 3 is 2.48 bits per heavy atom. The smallest absolute Gasteiger partial charge is 0.227 e. The highest BCUT2D eigenvalue weighted by molar-refractivity contribution is 6.00. The quantitative estimate of drug-likeness (QED) is 0.849. The summed E-state index contributed by atoms with van der Waals surface area (Å²) in [6.45, 7) is 4.62. The number of carbonyl (C=O) groups excluding carboxylic acids is 2. The van der Waals surface area contributed by atoms with Crippen LogP contribution >= 0.6 is 0 Å². The van der Waals surface area contributed by atoms with Gasteiger partial charge in [-0.15, -0.1) is 0 Å². The molecule has 0 radical (unpaired) electrons. The van der Waals surface area contributed by atoms with Crippen molar-refractivity contribution in [1.29, 1.82) is 0 Å². The second kappa shape index (κ2) is 8.20. The van der Waals surface area contributed by atoms with E-state index in [2.05, 4.69) is 5.32 Å². The third kappa shape index (κ3) is 4.84. The Morgan fingerprint density at radius 2 is 1.85 bits per heavy atom. The number of amides is 2. The topological polar surface area (TPSA) is 58.6 Å². The maximum Gasteiger partial charge on any atom is 0.227 e. The van der Waals surface area contributed by atoms with Gasteiger partial charge >= 0.3 is 0 Å². The van der Waals surface area contributed by atoms with Gasteiger partial charge < -0.3 is 15.0 Å². The molecule has 6 heteroatoms. The van der Waals surface area contributed by atoms with Gasteiger partial charge in [0.05, 0.1) is 12.0 Å². The van der Waals surface area contributed by atoms with Crippen LogP contribution in [-0.4, -0.2) is 24.5 Å². The van der Waals surface area contributed by atoms with Gasteiger partial charge in [-0.25, -0.2) is 4.39 Å². The first kappa shape index (κ1) is 18.9. The fourth-order valence-electron chi connectivity index (χ4n) is 3.05. The predicted molar refractivity (Wildman–Crippen MR) is 101 cm³/mol. The highest BCUT2D eigenvalue weighted by Crippen LogP contribution is 2.25. The molecule has 0 aliphatic carbocycles. The van der Waals surface area contributed by atoms with E-state index in [9.17, 15) is 14.0 Å². The second-order valence-corrected chi connectivity index (χ2v) is 6.91. The largest absolute Gasteiger partial charge is 0.491 e. The Labute approximate surface area is 158 Å². The van der Waals surface area contributed by atoms with E-state index in [1.54, 1.807) is 12.1 Å². The van der Waals surface area contributed by atoms with Crippen LogP contribution in [0.3, 0.4) is 0 Å². The van der Waals surface area contributed by atoms with Gasteiger partial charge in [0.2, 0.25) is 11.8 Å². The third-order valence-corrected chi connectivity index (χ3v) is 4.40. The molecule has 3 rings (SSSR count). The minimum absolute atomic E-state index is 0.111. The summed E-state index contributed by atoms with van der Waals surface area (Å²) in [4.78, 5) is 26.2. The van der Waals surface area contributed by atoms with Crippen molar-refractivity contribution in [2.45, 2.75) is 32.9 Å². The van der Waals surface area contributed by atoms with Crippen LogP contribution in [0.15, 0.2) is 48.5 Å². The van der Waals surface area contributed by atoms with Crippen LogP contribution in [0.25, 0.3) is 0 Å². The highest BCUT2D eigenvalue weighted by Gasteiger charge is 2.34. The Bertz CT molecular complexity index is 803. The number of anilines is 1. The van der Waals surface area contributed by atoms with Gasteiger partial charge in [0.25, 0.3) is 0 Å². The lowest BCUT2D eigenvalue weighted by Crippen LogP contribution is -2.32. The summed E-state index contributed by atoms with van der Waals surface area (Å²) < 4.78 is 18.6. The number of hydrogen-bond donors (Lipinski definition) is 1. The fourth-order valence-corrected chi connectivity index (χ4v) is 3.05. The van der Waals surface area contributed by atoms with Crippen molar-refractivity contribution >= 4 is 17.5 Å². The SMILES string of the molecule is CC(C)Oc1ccc(CNC(=O)[C@H]2CC(=O)N(c3ccc(F)cc3)C2)cc1. The van der Waals surface area contributed by atoms with Crippen LogP contribution < -0.4 is 15.0 Å². The molecule has 0 aromatic heterocycles. The minimum atomic E-state index is -0.411. The van der Waals surface area contributed by atoms with Crippen molar-refractivity contribution in [3.05, 3.63) is 59.9 Å². The van der Waals surface area contributed by atoms with E-state index in [1.165, 1.54) is 17.0 Å². The second-order valence-electron chi connectivity index (χ2n) is 6.91. The lowest BCUT2D eigenvalue weighted by molar-refractivity contribution is -0.126. The standard InChI is InChI=1S/C21H23FN2O3/c1-14(2)27-19-9-3-15(4-10-19)12-23-21(26)16-11-20(25)24(13-16)18-7-5-17(22)6-8-18/h3-10,14,16H,11-13H2,1-2H3,(H,23,26)/t16-/m0/s1. The fraction of sp³-hybridized carbons (Fsp3) is 0.333. The average Bonchev–Trinajstić information content (AvgIpc) is 3.03. The number of hydrogen-bond acceptors (Lipinski definition) is 3. The molecule has 1 aliphatic heterocycles. The number of carbonyl (C=O) groups is 2. The van der Waals surface area contributed by atoms with Crippen LogP contribution in [0.4, 0.5) is 10.1 Å². The van der Waals surface area contributed by atoms with Crippen LogP contribution in [-0.2, 0) is 16.1 Å². The number of ether oxygens (including phenoxy) is 1. The molecule has 0 unspecified atom stereocenters. The van der Waals surface area contributed by atoms with Crippen LogP contribution in [0, 0.1) is 11.7 Å². The molecule has 2 amide bonds. The van der Waals surface area contributed by atoms with E-state index in [4.69, 9.17) is 4.74 Å². The van der Waals surface area contributed by atoms with Crippen molar-refractivity contribution in [2.24, 2.45) is 5.92 Å². The van der Waals surface area contributed by atoms with Gasteiger partial charge in [-0.3, -0.25) is 9.59 Å². The zero-order chi connectivity index (χ0) is 19.4. The molecule has 142 valence electrons. The van der Waals surface area contributed by atoms with Gasteiger partial charge in [-0.05, 0) is 55.8 Å². The van der Waals surface area contributed by atoms with E-state index < -0.39 is 5.92 Å². The number of rotatable bonds is 6. The average molecular weight is 370 g/mol. The molecule has 1 heterocycles. The molecule has 27 heavy (non-hydrogen) atoms. The van der Waals surface area contributed by atoms with Gasteiger partial charge in [-0.2, -0.15) is 0 Å². The van der Waals surface area contributed by atoms with E-state index >= 15 is 0 Å². The van der Waals surface area contributed by atoms with Crippen molar-refractivity contribution < 1.29 is 18.7 Å². The Morgan fingerprint density at radius 1 is 1.19 bits per heavy atom. The van der Waals surface area contributed by atoms with E-state index in [0.29, 0.717) is 18.8 Å². The van der Waals surface area contributed by atoms with Gasteiger partial charge in [0, 0.05) is 25.2 Å². The lowest BCUT2D eigenvalue weighted by atomic mass is 10.1. The first-order valence-corrected chi connectivity index (χ1v) is 9.01. The normalized spacial score (nSPS) is 16.7. The Kier molecular flexibility index (Phi) is 5.74. The zero-order valence-electron chi connectivity index (χ0n) is 15.4. The maximum atomic E-state index is 13.0. The summed E-state index contributed by atoms with van der Waals surface area (Å²) in [6, 6.07) is 13.3. The molecule has 0 saturated carbocycles. The van der Waals surface area contributed by atoms with Gasteiger partial charge in [0.15, 0.2) is 0 Å². The predicted octanol–water partition coefficient (Wildman–Crippen LogP) is 3.28. The molecule has 5 nitrogen and oxygen atoms in total. The summed E-state index contributed by atoms with van der Waals surface area (Å²) in [7, 11) is 0. The molecule has 0 bridgehead atoms. The first-order valence-electron chi connectivity index (χ1n) is 9.01. The number of nitrogens with zero attached hydrogens (tertiary/aromatic N) is 1. The molecule has 2 aromatic rings. The Balaban J connectivity index is 1.54. The van der Waals surface area contributed by atoms with Crippen LogP contribution in [0.1, 0.15) is 25.8 Å². The van der Waals surface area contributed by atoms with Crippen molar-refractivity contribution in [2.75, 3.05) is 11.4 Å². The number of benzene rings is 2. The van der Waals surface area contributed by atoms with E-state index in [-0.39, 0.29) is 30.2 Å². The monoisotopic (exact) mass is 370 g/mol.